The van der Waals surface area contributed by atoms with Gasteiger partial charge in [0.05, 0.1) is 12.3 Å². The number of rotatable bonds is 5. The Morgan fingerprint density at radius 2 is 1.96 bits per heavy atom. The number of nitrogens with zero attached hydrogens (tertiary/aromatic N) is 2. The van der Waals surface area contributed by atoms with Gasteiger partial charge in [-0.2, -0.15) is 0 Å². The number of piperidine rings is 1. The van der Waals surface area contributed by atoms with E-state index in [0.29, 0.717) is 11.5 Å². The molecule has 0 bridgehead atoms. The maximum atomic E-state index is 12.4. The van der Waals surface area contributed by atoms with Crippen molar-refractivity contribution in [3.05, 3.63) is 39.8 Å². The van der Waals surface area contributed by atoms with Gasteiger partial charge in [-0.05, 0) is 50.5 Å². The van der Waals surface area contributed by atoms with Crippen molar-refractivity contribution in [2.45, 2.75) is 32.8 Å². The summed E-state index contributed by atoms with van der Waals surface area (Å²) < 4.78 is 5.08. The van der Waals surface area contributed by atoms with E-state index in [9.17, 15) is 4.79 Å². The Morgan fingerprint density at radius 1 is 1.25 bits per heavy atom. The molecule has 1 aromatic carbocycles. The lowest BCUT2D eigenvalue weighted by Crippen LogP contribution is -2.29. The van der Waals surface area contributed by atoms with Crippen LogP contribution in [-0.4, -0.2) is 31.1 Å². The highest BCUT2D eigenvalue weighted by Gasteiger charge is 2.16. The molecular formula is C18H23N3O2S. The smallest absolute Gasteiger partial charge is 0.267 e. The fourth-order valence-corrected chi connectivity index (χ4v) is 3.88. The van der Waals surface area contributed by atoms with Crippen LogP contribution in [0.1, 0.15) is 39.6 Å². The second-order valence-electron chi connectivity index (χ2n) is 6.00. The zero-order chi connectivity index (χ0) is 16.9. The minimum atomic E-state index is -0.113. The summed E-state index contributed by atoms with van der Waals surface area (Å²) in [4.78, 5) is 19.9. The van der Waals surface area contributed by atoms with Crippen molar-refractivity contribution < 1.29 is 9.53 Å². The molecule has 0 unspecified atom stereocenters. The second-order valence-corrected chi connectivity index (χ2v) is 7.09. The van der Waals surface area contributed by atoms with E-state index < -0.39 is 0 Å². The number of carbonyl (C=O) groups is 1. The van der Waals surface area contributed by atoms with Crippen molar-refractivity contribution in [2.75, 3.05) is 30.4 Å². The lowest BCUT2D eigenvalue weighted by molar-refractivity contribution is 0.103. The molecule has 6 heteroatoms. The van der Waals surface area contributed by atoms with Gasteiger partial charge in [0.1, 0.15) is 9.88 Å². The zero-order valence-electron chi connectivity index (χ0n) is 14.2. The Hall–Kier alpha value is -1.92. The van der Waals surface area contributed by atoms with Crippen molar-refractivity contribution in [3.8, 4) is 0 Å². The van der Waals surface area contributed by atoms with Crippen molar-refractivity contribution in [1.82, 2.24) is 4.98 Å². The first kappa shape index (κ1) is 16.9. The van der Waals surface area contributed by atoms with Crippen molar-refractivity contribution in [1.29, 1.82) is 0 Å². The standard InChI is InChI=1S/C18H23N3O2S/c1-13-17(24-16(19-13)12-23-2)18(22)20-14-6-8-15(9-7-14)21-10-4-3-5-11-21/h6-9H,3-5,10-12H2,1-2H3,(H,20,22). The van der Waals surface area contributed by atoms with E-state index in [4.69, 9.17) is 4.74 Å². The van der Waals surface area contributed by atoms with Gasteiger partial charge in [-0.25, -0.2) is 4.98 Å². The number of ether oxygens (including phenoxy) is 1. The SMILES string of the molecule is COCc1nc(C)c(C(=O)Nc2ccc(N3CCCCC3)cc2)s1. The third-order valence-corrected chi connectivity index (χ3v) is 5.29. The molecule has 1 aliphatic heterocycles. The lowest BCUT2D eigenvalue weighted by atomic mass is 10.1. The van der Waals surface area contributed by atoms with Crippen LogP contribution in [-0.2, 0) is 11.3 Å². The van der Waals surface area contributed by atoms with Crippen LogP contribution in [0.25, 0.3) is 0 Å². The van der Waals surface area contributed by atoms with Crippen LogP contribution < -0.4 is 10.2 Å². The molecular weight excluding hydrogens is 322 g/mol. The average molecular weight is 345 g/mol. The molecule has 1 fully saturated rings. The Morgan fingerprint density at radius 3 is 2.62 bits per heavy atom. The highest BCUT2D eigenvalue weighted by atomic mass is 32.1. The minimum absolute atomic E-state index is 0.113. The first-order valence-corrected chi connectivity index (χ1v) is 9.10. The molecule has 1 N–H and O–H groups in total. The number of nitrogens with one attached hydrogen (secondary N) is 1. The van der Waals surface area contributed by atoms with Crippen LogP contribution in [0.2, 0.25) is 0 Å². The van der Waals surface area contributed by atoms with Crippen LogP contribution in [0.3, 0.4) is 0 Å². The number of hydrogen-bond acceptors (Lipinski definition) is 5. The quantitative estimate of drug-likeness (QED) is 0.894. The monoisotopic (exact) mass is 345 g/mol. The summed E-state index contributed by atoms with van der Waals surface area (Å²) in [5.74, 6) is -0.113. The molecule has 0 spiro atoms. The molecule has 1 aromatic heterocycles. The fourth-order valence-electron chi connectivity index (χ4n) is 2.94. The number of benzene rings is 1. The van der Waals surface area contributed by atoms with Gasteiger partial charge in [0.25, 0.3) is 5.91 Å². The molecule has 1 amide bonds. The van der Waals surface area contributed by atoms with E-state index in [0.717, 1.165) is 29.5 Å². The maximum Gasteiger partial charge on any atom is 0.267 e. The number of methoxy groups -OCH3 is 1. The van der Waals surface area contributed by atoms with Gasteiger partial charge >= 0.3 is 0 Å². The molecule has 0 saturated carbocycles. The Bertz CT molecular complexity index is 691. The summed E-state index contributed by atoms with van der Waals surface area (Å²) in [5, 5.41) is 3.78. The van der Waals surface area contributed by atoms with E-state index in [2.05, 4.69) is 27.3 Å². The van der Waals surface area contributed by atoms with E-state index in [1.165, 1.54) is 36.3 Å². The first-order valence-electron chi connectivity index (χ1n) is 8.29. The Balaban J connectivity index is 1.66. The van der Waals surface area contributed by atoms with Crippen LogP contribution in [0.15, 0.2) is 24.3 Å². The maximum absolute atomic E-state index is 12.4. The minimum Gasteiger partial charge on any atom is -0.378 e. The molecule has 128 valence electrons. The number of thiazole rings is 1. The van der Waals surface area contributed by atoms with Crippen molar-refractivity contribution >= 4 is 28.6 Å². The molecule has 3 rings (SSSR count). The van der Waals surface area contributed by atoms with Gasteiger partial charge in [0, 0.05) is 31.6 Å². The number of anilines is 2. The van der Waals surface area contributed by atoms with Gasteiger partial charge in [0.2, 0.25) is 0 Å². The largest absolute Gasteiger partial charge is 0.378 e. The summed E-state index contributed by atoms with van der Waals surface area (Å²) >= 11 is 1.38. The topological polar surface area (TPSA) is 54.5 Å². The van der Waals surface area contributed by atoms with E-state index in [1.807, 2.05) is 19.1 Å². The molecule has 24 heavy (non-hydrogen) atoms. The molecule has 1 aliphatic rings. The zero-order valence-corrected chi connectivity index (χ0v) is 15.0. The Kier molecular flexibility index (Phi) is 5.48. The predicted octanol–water partition coefficient (Wildman–Crippen LogP) is 3.84. The van der Waals surface area contributed by atoms with E-state index >= 15 is 0 Å². The van der Waals surface area contributed by atoms with Crippen LogP contribution in [0.4, 0.5) is 11.4 Å². The normalized spacial score (nSPS) is 14.7. The summed E-state index contributed by atoms with van der Waals surface area (Å²) in [6, 6.07) is 8.09. The van der Waals surface area contributed by atoms with Crippen molar-refractivity contribution in [2.24, 2.45) is 0 Å². The van der Waals surface area contributed by atoms with Gasteiger partial charge < -0.3 is 15.0 Å². The molecule has 0 aliphatic carbocycles. The molecule has 1 saturated heterocycles. The highest BCUT2D eigenvalue weighted by molar-refractivity contribution is 7.13. The molecule has 5 nitrogen and oxygen atoms in total. The average Bonchev–Trinajstić information content (AvgIpc) is 2.97. The summed E-state index contributed by atoms with van der Waals surface area (Å²) in [5.41, 5.74) is 2.78. The number of carbonyl (C=O) groups excluding carboxylic acids is 1. The third-order valence-electron chi connectivity index (χ3n) is 4.16. The van der Waals surface area contributed by atoms with Crippen molar-refractivity contribution in [3.63, 3.8) is 0 Å². The summed E-state index contributed by atoms with van der Waals surface area (Å²) in [6.07, 6.45) is 3.84. The fraction of sp³-hybridized carbons (Fsp3) is 0.444. The molecule has 2 heterocycles. The highest BCUT2D eigenvalue weighted by Crippen LogP contribution is 2.24. The second kappa shape index (κ2) is 7.77. The molecule has 2 aromatic rings. The molecule has 0 radical (unpaired) electrons. The summed E-state index contributed by atoms with van der Waals surface area (Å²) in [7, 11) is 1.63. The van der Waals surface area contributed by atoms with Crippen LogP contribution in [0, 0.1) is 6.92 Å². The van der Waals surface area contributed by atoms with Crippen LogP contribution in [0.5, 0.6) is 0 Å². The van der Waals surface area contributed by atoms with E-state index in [-0.39, 0.29) is 5.91 Å². The van der Waals surface area contributed by atoms with Gasteiger partial charge in [0.15, 0.2) is 0 Å². The predicted molar refractivity (Wildman–Crippen MR) is 98.0 cm³/mol. The number of hydrogen-bond donors (Lipinski definition) is 1. The lowest BCUT2D eigenvalue weighted by Gasteiger charge is -2.28. The van der Waals surface area contributed by atoms with Gasteiger partial charge in [-0.1, -0.05) is 0 Å². The summed E-state index contributed by atoms with van der Waals surface area (Å²) in [6.45, 7) is 4.52. The first-order chi connectivity index (χ1) is 11.7. The van der Waals surface area contributed by atoms with Gasteiger partial charge in [-0.15, -0.1) is 11.3 Å². The number of amides is 1. The van der Waals surface area contributed by atoms with Crippen LogP contribution >= 0.6 is 11.3 Å². The Labute approximate surface area is 146 Å². The van der Waals surface area contributed by atoms with Gasteiger partial charge in [-0.3, -0.25) is 4.79 Å². The third kappa shape index (κ3) is 3.94. The van der Waals surface area contributed by atoms with E-state index in [1.54, 1.807) is 7.11 Å². The number of aryl methyl sites for hydroxylation is 1. The number of aromatic nitrogens is 1. The molecule has 0 atom stereocenters.